The summed E-state index contributed by atoms with van der Waals surface area (Å²) in [5.74, 6) is 0.938. The molecule has 0 N–H and O–H groups in total. The Hall–Kier alpha value is -3.32. The molecule has 0 aliphatic heterocycles. The van der Waals surface area contributed by atoms with Gasteiger partial charge in [0, 0.05) is 10.8 Å². The normalized spacial score (nSPS) is 11.3. The van der Waals surface area contributed by atoms with Gasteiger partial charge in [-0.25, -0.2) is 0 Å². The van der Waals surface area contributed by atoms with E-state index in [4.69, 9.17) is 4.74 Å². The lowest BCUT2D eigenvalue weighted by atomic mass is 9.93. The highest BCUT2D eigenvalue weighted by Crippen LogP contribution is 2.40. The average molecular weight is 333 g/mol. The average Bonchev–Trinajstić information content (AvgIpc) is 2.70. The molecule has 1 radical (unpaired) electrons. The molecular formula is C25H17O. The Bertz CT molecular complexity index is 1250. The van der Waals surface area contributed by atoms with Crippen LogP contribution < -0.4 is 4.74 Å². The van der Waals surface area contributed by atoms with Gasteiger partial charge in [0.2, 0.25) is 0 Å². The predicted octanol–water partition coefficient (Wildman–Crippen LogP) is 6.62. The first kappa shape index (κ1) is 15.0. The third kappa shape index (κ3) is 2.25. The van der Waals surface area contributed by atoms with Crippen LogP contribution in [0.4, 0.5) is 0 Å². The largest absolute Gasteiger partial charge is 0.495 e. The van der Waals surface area contributed by atoms with Crippen molar-refractivity contribution in [3.8, 4) is 16.9 Å². The number of benzene rings is 5. The molecule has 0 aliphatic carbocycles. The summed E-state index contributed by atoms with van der Waals surface area (Å²) in [7, 11) is 1.76. The molecule has 0 aromatic heterocycles. The molecule has 5 aromatic carbocycles. The summed E-state index contributed by atoms with van der Waals surface area (Å²) < 4.78 is 5.87. The van der Waals surface area contributed by atoms with Gasteiger partial charge >= 0.3 is 0 Å². The lowest BCUT2D eigenvalue weighted by Gasteiger charge is -2.14. The summed E-state index contributed by atoms with van der Waals surface area (Å²) in [6.45, 7) is 0. The van der Waals surface area contributed by atoms with Gasteiger partial charge in [-0.15, -0.1) is 0 Å². The van der Waals surface area contributed by atoms with E-state index < -0.39 is 0 Å². The Kier molecular flexibility index (Phi) is 3.39. The fourth-order valence-electron chi connectivity index (χ4n) is 3.83. The molecule has 0 saturated carbocycles. The monoisotopic (exact) mass is 333 g/mol. The lowest BCUT2D eigenvalue weighted by Crippen LogP contribution is -1.90. The minimum Gasteiger partial charge on any atom is -0.495 e. The number of hydrogen-bond acceptors (Lipinski definition) is 1. The van der Waals surface area contributed by atoms with E-state index in [-0.39, 0.29) is 0 Å². The van der Waals surface area contributed by atoms with E-state index in [9.17, 15) is 0 Å². The van der Waals surface area contributed by atoms with Gasteiger partial charge in [-0.2, -0.15) is 0 Å². The Morgan fingerprint density at radius 3 is 2.15 bits per heavy atom. The SMILES string of the molecule is COc1c2cc3ccccc3cc2cc2c(-c3cc[c]cc3)cccc12. The number of fused-ring (bicyclic) bond motifs is 3. The van der Waals surface area contributed by atoms with Crippen molar-refractivity contribution in [2.45, 2.75) is 0 Å². The van der Waals surface area contributed by atoms with Crippen molar-refractivity contribution in [1.82, 2.24) is 0 Å². The minimum absolute atomic E-state index is 0.938. The van der Waals surface area contributed by atoms with Gasteiger partial charge in [-0.1, -0.05) is 66.7 Å². The molecule has 0 atom stereocenters. The van der Waals surface area contributed by atoms with Crippen LogP contribution in [0.1, 0.15) is 0 Å². The fourth-order valence-corrected chi connectivity index (χ4v) is 3.83. The highest BCUT2D eigenvalue weighted by Gasteiger charge is 2.12. The zero-order chi connectivity index (χ0) is 17.5. The van der Waals surface area contributed by atoms with Crippen molar-refractivity contribution in [1.29, 1.82) is 0 Å². The maximum absolute atomic E-state index is 5.87. The molecule has 0 unspecified atom stereocenters. The zero-order valence-corrected chi connectivity index (χ0v) is 14.5. The number of methoxy groups -OCH3 is 1. The van der Waals surface area contributed by atoms with Gasteiger partial charge in [0.15, 0.2) is 0 Å². The molecule has 5 aromatic rings. The van der Waals surface area contributed by atoms with Crippen LogP contribution >= 0.6 is 0 Å². The third-order valence-corrected chi connectivity index (χ3v) is 5.05. The first-order valence-electron chi connectivity index (χ1n) is 8.74. The quantitative estimate of drug-likeness (QED) is 0.330. The molecule has 0 bridgehead atoms. The fraction of sp³-hybridized carbons (Fsp3) is 0.0400. The van der Waals surface area contributed by atoms with Gasteiger partial charge in [-0.05, 0) is 56.9 Å². The molecule has 1 heteroatoms. The Balaban J connectivity index is 1.94. The van der Waals surface area contributed by atoms with Crippen molar-refractivity contribution in [3.63, 3.8) is 0 Å². The highest BCUT2D eigenvalue weighted by molar-refractivity contribution is 6.13. The first-order chi connectivity index (χ1) is 12.8. The zero-order valence-electron chi connectivity index (χ0n) is 14.5. The molecule has 0 spiro atoms. The first-order valence-corrected chi connectivity index (χ1v) is 8.74. The molecule has 0 saturated heterocycles. The third-order valence-electron chi connectivity index (χ3n) is 5.05. The molecular weight excluding hydrogens is 316 g/mol. The Morgan fingerprint density at radius 2 is 1.38 bits per heavy atom. The van der Waals surface area contributed by atoms with Crippen LogP contribution in [0.3, 0.4) is 0 Å². The molecule has 5 rings (SSSR count). The van der Waals surface area contributed by atoms with E-state index in [2.05, 4.69) is 78.9 Å². The van der Waals surface area contributed by atoms with E-state index >= 15 is 0 Å². The molecule has 1 nitrogen and oxygen atoms in total. The summed E-state index contributed by atoms with van der Waals surface area (Å²) >= 11 is 0. The molecule has 0 aliphatic rings. The van der Waals surface area contributed by atoms with Crippen LogP contribution in [0, 0.1) is 6.07 Å². The van der Waals surface area contributed by atoms with Crippen LogP contribution in [0.5, 0.6) is 5.75 Å². The van der Waals surface area contributed by atoms with Crippen molar-refractivity contribution in [3.05, 3.63) is 91.0 Å². The maximum atomic E-state index is 5.87. The maximum Gasteiger partial charge on any atom is 0.134 e. The summed E-state index contributed by atoms with van der Waals surface area (Å²) in [5, 5.41) is 7.17. The standard InChI is InChI=1S/C25H17O/c1-26-25-22-13-7-12-21(17-8-3-2-4-9-17)24(22)16-20-14-18-10-5-6-11-19(18)15-23(20)25/h3-16H,1H3. The molecule has 123 valence electrons. The van der Waals surface area contributed by atoms with Crippen molar-refractivity contribution >= 4 is 32.3 Å². The second kappa shape index (κ2) is 5.89. The summed E-state index contributed by atoms with van der Waals surface area (Å²) in [4.78, 5) is 0. The van der Waals surface area contributed by atoms with E-state index in [0.29, 0.717) is 0 Å². The summed E-state index contributed by atoms with van der Waals surface area (Å²) in [6, 6.07) is 32.9. The van der Waals surface area contributed by atoms with Crippen molar-refractivity contribution in [2.75, 3.05) is 7.11 Å². The van der Waals surface area contributed by atoms with E-state index in [1.165, 1.54) is 32.7 Å². The summed E-state index contributed by atoms with van der Waals surface area (Å²) in [5.41, 5.74) is 2.40. The van der Waals surface area contributed by atoms with Crippen LogP contribution in [0.15, 0.2) is 84.9 Å². The summed E-state index contributed by atoms with van der Waals surface area (Å²) in [6.07, 6.45) is 0. The van der Waals surface area contributed by atoms with Gasteiger partial charge < -0.3 is 4.74 Å². The van der Waals surface area contributed by atoms with Crippen molar-refractivity contribution < 1.29 is 4.74 Å². The van der Waals surface area contributed by atoms with Gasteiger partial charge in [-0.3, -0.25) is 0 Å². The van der Waals surface area contributed by atoms with Crippen molar-refractivity contribution in [2.24, 2.45) is 0 Å². The number of hydrogen-bond donors (Lipinski definition) is 0. The minimum atomic E-state index is 0.938. The second-order valence-electron chi connectivity index (χ2n) is 6.52. The Morgan fingerprint density at radius 1 is 0.654 bits per heavy atom. The molecule has 0 fully saturated rings. The van der Waals surface area contributed by atoms with Gasteiger partial charge in [0.1, 0.15) is 5.75 Å². The topological polar surface area (TPSA) is 9.23 Å². The van der Waals surface area contributed by atoms with Crippen LogP contribution in [0.2, 0.25) is 0 Å². The lowest BCUT2D eigenvalue weighted by molar-refractivity contribution is 0.424. The second-order valence-corrected chi connectivity index (χ2v) is 6.52. The van der Waals surface area contributed by atoms with Crippen LogP contribution in [-0.2, 0) is 0 Å². The van der Waals surface area contributed by atoms with E-state index in [1.807, 2.05) is 12.1 Å². The number of rotatable bonds is 2. The molecule has 0 amide bonds. The molecule has 26 heavy (non-hydrogen) atoms. The number of ether oxygens (including phenoxy) is 1. The predicted molar refractivity (Wildman–Crippen MR) is 110 cm³/mol. The van der Waals surface area contributed by atoms with E-state index in [0.717, 1.165) is 16.5 Å². The molecule has 0 heterocycles. The smallest absolute Gasteiger partial charge is 0.134 e. The highest BCUT2D eigenvalue weighted by atomic mass is 16.5. The van der Waals surface area contributed by atoms with Gasteiger partial charge in [0.25, 0.3) is 0 Å². The Labute approximate surface area is 152 Å². The van der Waals surface area contributed by atoms with Crippen LogP contribution in [0.25, 0.3) is 43.4 Å². The van der Waals surface area contributed by atoms with Gasteiger partial charge in [0.05, 0.1) is 7.11 Å². The van der Waals surface area contributed by atoms with Crippen LogP contribution in [-0.4, -0.2) is 7.11 Å². The van der Waals surface area contributed by atoms with E-state index in [1.54, 1.807) is 7.11 Å².